The number of nitrogens with zero attached hydrogens (tertiary/aromatic N) is 1. The van der Waals surface area contributed by atoms with Crippen LogP contribution in [0.4, 0.5) is 0 Å². The van der Waals surface area contributed by atoms with Crippen molar-refractivity contribution >= 4 is 29.4 Å². The van der Waals surface area contributed by atoms with E-state index in [1.165, 1.54) is 24.3 Å². The zero-order valence-electron chi connectivity index (χ0n) is 16.3. The van der Waals surface area contributed by atoms with E-state index in [0.717, 1.165) is 0 Å². The number of ketones is 1. The minimum Gasteiger partial charge on any atom is -0.479 e. The van der Waals surface area contributed by atoms with Crippen molar-refractivity contribution in [3.8, 4) is 0 Å². The van der Waals surface area contributed by atoms with Gasteiger partial charge in [0.1, 0.15) is 11.9 Å². The number of amides is 2. The van der Waals surface area contributed by atoms with Gasteiger partial charge in [-0.2, -0.15) is 0 Å². The predicted molar refractivity (Wildman–Crippen MR) is 105 cm³/mol. The third-order valence-corrected chi connectivity index (χ3v) is 5.34. The predicted octanol–water partition coefficient (Wildman–Crippen LogP) is -0.107. The van der Waals surface area contributed by atoms with Gasteiger partial charge in [0, 0.05) is 30.6 Å². The molecule has 3 saturated heterocycles. The summed E-state index contributed by atoms with van der Waals surface area (Å²) in [6, 6.07) is 5.08. The first-order chi connectivity index (χ1) is 14.3. The highest BCUT2D eigenvalue weighted by atomic mass is 16.5. The first-order valence-corrected chi connectivity index (χ1v) is 9.71. The maximum atomic E-state index is 13.0. The summed E-state index contributed by atoms with van der Waals surface area (Å²) in [6.07, 6.45) is -1.34. The van der Waals surface area contributed by atoms with Crippen LogP contribution in [0.15, 0.2) is 24.3 Å². The lowest BCUT2D eigenvalue weighted by molar-refractivity contribution is -0.162. The van der Waals surface area contributed by atoms with E-state index in [1.807, 2.05) is 0 Å². The summed E-state index contributed by atoms with van der Waals surface area (Å²) in [5.41, 5.74) is 6.15. The molecule has 0 saturated carbocycles. The zero-order chi connectivity index (χ0) is 21.8. The highest BCUT2D eigenvalue weighted by molar-refractivity contribution is 6.02. The van der Waals surface area contributed by atoms with Gasteiger partial charge in [0.25, 0.3) is 5.91 Å². The molecule has 2 atom stereocenters. The van der Waals surface area contributed by atoms with Crippen molar-refractivity contribution in [3.63, 3.8) is 0 Å². The van der Waals surface area contributed by atoms with E-state index >= 15 is 0 Å². The summed E-state index contributed by atoms with van der Waals surface area (Å²) < 4.78 is 5.49. The van der Waals surface area contributed by atoms with E-state index in [-0.39, 0.29) is 30.1 Å². The summed E-state index contributed by atoms with van der Waals surface area (Å²) >= 11 is 0. The van der Waals surface area contributed by atoms with E-state index < -0.39 is 35.9 Å². The van der Waals surface area contributed by atoms with E-state index in [1.54, 1.807) is 4.90 Å². The Labute approximate surface area is 172 Å². The summed E-state index contributed by atoms with van der Waals surface area (Å²) in [7, 11) is 0. The number of nitrogens with one attached hydrogen (secondary N) is 2. The third-order valence-electron chi connectivity index (χ3n) is 5.34. The Balaban J connectivity index is 1.78. The van der Waals surface area contributed by atoms with Crippen molar-refractivity contribution < 1.29 is 29.0 Å². The molecule has 1 aromatic carbocycles. The summed E-state index contributed by atoms with van der Waals surface area (Å²) in [5, 5.41) is 19.4. The SMILES string of the molecule is N=C(N)c1ccc(C(=O)N[C@H]2CCC(=O)C(C(=O)O)OC3CCN(CC3)C2=O)cc1. The zero-order valence-corrected chi connectivity index (χ0v) is 16.3. The van der Waals surface area contributed by atoms with Crippen LogP contribution in [0.25, 0.3) is 0 Å². The number of Topliss-reactive ketones (excluding diaryl/α,β-unsaturated/α-hetero) is 1. The highest BCUT2D eigenvalue weighted by Crippen LogP contribution is 2.20. The largest absolute Gasteiger partial charge is 0.479 e. The molecular weight excluding hydrogens is 392 g/mol. The molecule has 160 valence electrons. The number of hydrogen-bond acceptors (Lipinski definition) is 6. The second-order valence-corrected chi connectivity index (χ2v) is 7.40. The quantitative estimate of drug-likeness (QED) is 0.302. The lowest BCUT2D eigenvalue weighted by atomic mass is 10.0. The standard InChI is InChI=1S/C20H24N4O6/c21-17(22)11-1-3-12(4-2-11)18(26)23-14-5-6-15(25)16(20(28)29)30-13-7-9-24(10-8-13)19(14)27/h1-4,13-14,16H,5-10H2,(H3,21,22)(H,23,26)(H,28,29)/t14-,16?/m0/s1. The number of carboxylic acids is 1. The number of carbonyl (C=O) groups excluding carboxylic acids is 3. The average Bonchev–Trinajstić information content (AvgIpc) is 2.77. The minimum absolute atomic E-state index is 0.0246. The molecule has 10 heteroatoms. The third kappa shape index (κ3) is 4.82. The number of nitrogens with two attached hydrogens (primary N) is 1. The number of carboxylic acid groups (broad SMARTS) is 1. The summed E-state index contributed by atoms with van der Waals surface area (Å²) in [6.45, 7) is 0.730. The second kappa shape index (κ2) is 9.04. The molecule has 3 fully saturated rings. The van der Waals surface area contributed by atoms with Gasteiger partial charge in [-0.1, -0.05) is 12.1 Å². The number of rotatable bonds is 4. The fourth-order valence-electron chi connectivity index (χ4n) is 3.61. The Morgan fingerprint density at radius 2 is 1.70 bits per heavy atom. The van der Waals surface area contributed by atoms with Crippen molar-refractivity contribution in [1.29, 1.82) is 5.41 Å². The van der Waals surface area contributed by atoms with E-state index in [2.05, 4.69) is 5.32 Å². The first kappa shape index (κ1) is 21.4. The number of hydrogen-bond donors (Lipinski definition) is 4. The molecular formula is C20H24N4O6. The molecule has 0 aliphatic carbocycles. The van der Waals surface area contributed by atoms with E-state index in [4.69, 9.17) is 15.9 Å². The topological polar surface area (TPSA) is 163 Å². The Morgan fingerprint density at radius 3 is 2.27 bits per heavy atom. The molecule has 2 bridgehead atoms. The summed E-state index contributed by atoms with van der Waals surface area (Å²) in [4.78, 5) is 51.1. The van der Waals surface area contributed by atoms with Crippen molar-refractivity contribution in [2.45, 2.75) is 43.9 Å². The monoisotopic (exact) mass is 416 g/mol. The first-order valence-electron chi connectivity index (χ1n) is 9.71. The molecule has 0 spiro atoms. The Bertz CT molecular complexity index is 861. The van der Waals surface area contributed by atoms with Crippen LogP contribution in [0.1, 0.15) is 41.6 Å². The molecule has 30 heavy (non-hydrogen) atoms. The normalized spacial score (nSPS) is 24.8. The van der Waals surface area contributed by atoms with Crippen molar-refractivity contribution in [2.75, 3.05) is 13.1 Å². The molecule has 3 heterocycles. The smallest absolute Gasteiger partial charge is 0.340 e. The lowest BCUT2D eigenvalue weighted by Gasteiger charge is -2.34. The molecule has 10 nitrogen and oxygen atoms in total. The number of carbonyl (C=O) groups is 4. The molecule has 5 N–H and O–H groups in total. The van der Waals surface area contributed by atoms with Crippen molar-refractivity contribution in [1.82, 2.24) is 10.2 Å². The van der Waals surface area contributed by atoms with Crippen LogP contribution in [0.2, 0.25) is 0 Å². The number of piperidine rings is 1. The number of amidine groups is 1. The van der Waals surface area contributed by atoms with Gasteiger partial charge >= 0.3 is 5.97 Å². The maximum absolute atomic E-state index is 13.0. The van der Waals surface area contributed by atoms with Crippen LogP contribution in [0, 0.1) is 5.41 Å². The van der Waals surface area contributed by atoms with Gasteiger partial charge < -0.3 is 25.8 Å². The molecule has 4 rings (SSSR count). The molecule has 3 aliphatic rings. The van der Waals surface area contributed by atoms with Gasteiger partial charge in [0.2, 0.25) is 12.0 Å². The van der Waals surface area contributed by atoms with E-state index in [9.17, 15) is 24.3 Å². The second-order valence-electron chi connectivity index (χ2n) is 7.40. The van der Waals surface area contributed by atoms with Gasteiger partial charge in [-0.25, -0.2) is 4.79 Å². The average molecular weight is 416 g/mol. The molecule has 0 aromatic heterocycles. The fourth-order valence-corrected chi connectivity index (χ4v) is 3.61. The maximum Gasteiger partial charge on any atom is 0.340 e. The molecule has 2 amide bonds. The Morgan fingerprint density at radius 1 is 1.10 bits per heavy atom. The number of nitrogen functional groups attached to an aromatic ring is 1. The van der Waals surface area contributed by atoms with Crippen LogP contribution in [0.5, 0.6) is 0 Å². The number of ether oxygens (including phenoxy) is 1. The van der Waals surface area contributed by atoms with Gasteiger partial charge in [0.15, 0.2) is 5.78 Å². The molecule has 1 unspecified atom stereocenters. The van der Waals surface area contributed by atoms with E-state index in [0.29, 0.717) is 31.5 Å². The lowest BCUT2D eigenvalue weighted by Crippen LogP contribution is -2.51. The molecule has 1 aromatic rings. The number of benzene rings is 1. The molecule has 0 radical (unpaired) electrons. The molecule has 3 aliphatic heterocycles. The van der Waals surface area contributed by atoms with Crippen molar-refractivity contribution in [3.05, 3.63) is 35.4 Å². The van der Waals surface area contributed by atoms with Crippen molar-refractivity contribution in [2.24, 2.45) is 5.73 Å². The van der Waals surface area contributed by atoms with Crippen LogP contribution < -0.4 is 11.1 Å². The van der Waals surface area contributed by atoms with Gasteiger partial charge in [0.05, 0.1) is 6.10 Å². The van der Waals surface area contributed by atoms with Crippen LogP contribution in [-0.2, 0) is 19.1 Å². The highest BCUT2D eigenvalue weighted by Gasteiger charge is 2.36. The summed E-state index contributed by atoms with van der Waals surface area (Å²) in [5.74, 6) is -2.91. The fraction of sp³-hybridized carbons (Fsp3) is 0.450. The minimum atomic E-state index is -1.56. The Kier molecular flexibility index (Phi) is 6.46. The number of fused-ring (bicyclic) bond motifs is 8. The van der Waals surface area contributed by atoms with Crippen LogP contribution >= 0.6 is 0 Å². The Hall–Kier alpha value is -3.27. The van der Waals surface area contributed by atoms with Gasteiger partial charge in [-0.05, 0) is 31.4 Å². The van der Waals surface area contributed by atoms with Gasteiger partial charge in [-0.3, -0.25) is 19.8 Å². The van der Waals surface area contributed by atoms with Gasteiger partial charge in [-0.15, -0.1) is 0 Å². The van der Waals surface area contributed by atoms with Crippen LogP contribution in [0.3, 0.4) is 0 Å². The van der Waals surface area contributed by atoms with Crippen LogP contribution in [-0.4, -0.2) is 70.7 Å². The number of aliphatic carboxylic acids is 1.